The van der Waals surface area contributed by atoms with Crippen LogP contribution in [0.1, 0.15) is 0 Å². The molecule has 0 amide bonds. The predicted octanol–water partition coefficient (Wildman–Crippen LogP) is 0.765. The molecule has 38 valence electrons. The van der Waals surface area contributed by atoms with Crippen molar-refractivity contribution >= 4 is 13.8 Å². The summed E-state index contributed by atoms with van der Waals surface area (Å²) in [6, 6.07) is 0. The van der Waals surface area contributed by atoms with Crippen LogP contribution in [-0.2, 0) is 7.47 Å². The van der Waals surface area contributed by atoms with Gasteiger partial charge < -0.3 is 0 Å². The molecule has 0 spiro atoms. The molecule has 0 saturated carbocycles. The number of hydrogen-bond acceptors (Lipinski definition) is 2. The minimum atomic E-state index is -2.66. The fourth-order valence-corrected chi connectivity index (χ4v) is 0. The maximum absolute atomic E-state index is 10.4. The van der Waals surface area contributed by atoms with Crippen LogP contribution in [-0.4, -0.2) is 20.9 Å². The first-order valence-electron chi connectivity index (χ1n) is 1.67. The molecule has 0 aromatic heterocycles. The van der Waals surface area contributed by atoms with Crippen LogP contribution in [0.5, 0.6) is 0 Å². The Balaban J connectivity index is 3.48. The second-order valence-electron chi connectivity index (χ2n) is 1.43. The normalized spacial score (nSPS) is 11.8. The molecular weight excluding hydrogens is 143 g/mol. The third-order valence-electron chi connectivity index (χ3n) is 0.440. The van der Waals surface area contributed by atoms with Gasteiger partial charge in [0.25, 0.3) is 0 Å². The Morgan fingerprint density at radius 3 is 1.67 bits per heavy atom. The average Bonchev–Trinajstić information content (AvgIpc) is 1.35. The zero-order chi connectivity index (χ0) is 5.21. The number of hydrogen-bond donors (Lipinski definition) is 0. The molecule has 2 nitrogen and oxygen atoms in total. The SMILES string of the molecule is CO[As](C)(C)=O. The Morgan fingerprint density at radius 1 is 1.50 bits per heavy atom. The second-order valence-corrected chi connectivity index (χ2v) is 7.45. The second kappa shape index (κ2) is 1.85. The zero-order valence-corrected chi connectivity index (χ0v) is 6.14. The Bertz CT molecular complexity index is 72.9. The van der Waals surface area contributed by atoms with Crippen LogP contribution in [0.25, 0.3) is 0 Å². The summed E-state index contributed by atoms with van der Waals surface area (Å²) < 4.78 is 15.0. The maximum atomic E-state index is 10.4. The molecule has 0 atom stereocenters. The average molecular weight is 152 g/mol. The van der Waals surface area contributed by atoms with E-state index in [4.69, 9.17) is 0 Å². The van der Waals surface area contributed by atoms with E-state index in [2.05, 4.69) is 3.73 Å². The Morgan fingerprint density at radius 2 is 1.67 bits per heavy atom. The molecule has 0 fully saturated rings. The van der Waals surface area contributed by atoms with Crippen molar-refractivity contribution in [3.63, 3.8) is 0 Å². The fraction of sp³-hybridized carbons (Fsp3) is 1.00. The van der Waals surface area contributed by atoms with Gasteiger partial charge in [0.1, 0.15) is 0 Å². The van der Waals surface area contributed by atoms with E-state index in [1.165, 1.54) is 7.11 Å². The van der Waals surface area contributed by atoms with E-state index in [1.807, 2.05) is 0 Å². The van der Waals surface area contributed by atoms with Crippen molar-refractivity contribution in [3.05, 3.63) is 0 Å². The van der Waals surface area contributed by atoms with Crippen molar-refractivity contribution in [2.45, 2.75) is 11.4 Å². The van der Waals surface area contributed by atoms with Gasteiger partial charge in [-0.25, -0.2) is 0 Å². The summed E-state index contributed by atoms with van der Waals surface area (Å²) in [7, 11) is 1.47. The van der Waals surface area contributed by atoms with E-state index in [9.17, 15) is 3.74 Å². The van der Waals surface area contributed by atoms with Gasteiger partial charge in [0.2, 0.25) is 0 Å². The third-order valence-corrected chi connectivity index (χ3v) is 2.28. The molecule has 0 rings (SSSR count). The van der Waals surface area contributed by atoms with Crippen molar-refractivity contribution in [1.29, 1.82) is 0 Å². The molecule has 0 unspecified atom stereocenters. The van der Waals surface area contributed by atoms with Crippen LogP contribution in [0.4, 0.5) is 0 Å². The van der Waals surface area contributed by atoms with Gasteiger partial charge in [-0.15, -0.1) is 0 Å². The molecule has 0 aromatic carbocycles. The van der Waals surface area contributed by atoms with E-state index in [0.29, 0.717) is 0 Å². The number of rotatable bonds is 1. The fourth-order valence-electron chi connectivity index (χ4n) is 0. The summed E-state index contributed by atoms with van der Waals surface area (Å²) in [6.45, 7) is 0. The summed E-state index contributed by atoms with van der Waals surface area (Å²) in [6.07, 6.45) is 0. The van der Waals surface area contributed by atoms with Crippen molar-refractivity contribution in [2.24, 2.45) is 0 Å². The summed E-state index contributed by atoms with van der Waals surface area (Å²) in [5, 5.41) is 0. The standard InChI is InChI=1S/C3H9AsO2/c1-4(2,5)6-3/h1-3H3. The molecule has 6 heavy (non-hydrogen) atoms. The van der Waals surface area contributed by atoms with Crippen LogP contribution in [0.3, 0.4) is 0 Å². The molecular formula is C3H9AsO2. The van der Waals surface area contributed by atoms with Crippen LogP contribution < -0.4 is 0 Å². The monoisotopic (exact) mass is 152 g/mol. The molecule has 0 aliphatic carbocycles. The molecule has 0 saturated heterocycles. The molecule has 0 N–H and O–H groups in total. The van der Waals surface area contributed by atoms with Gasteiger partial charge in [0, 0.05) is 0 Å². The first kappa shape index (κ1) is 6.32. The Labute approximate surface area is 40.5 Å². The topological polar surface area (TPSA) is 26.3 Å². The minimum absolute atomic E-state index is 1.47. The molecule has 0 bridgehead atoms. The summed E-state index contributed by atoms with van der Waals surface area (Å²) in [5.41, 5.74) is 3.27. The van der Waals surface area contributed by atoms with Gasteiger partial charge >= 0.3 is 39.8 Å². The van der Waals surface area contributed by atoms with Crippen LogP contribution in [0.15, 0.2) is 0 Å². The van der Waals surface area contributed by atoms with Gasteiger partial charge in [-0.2, -0.15) is 0 Å². The zero-order valence-electron chi connectivity index (χ0n) is 4.26. The van der Waals surface area contributed by atoms with E-state index in [-0.39, 0.29) is 0 Å². The van der Waals surface area contributed by atoms with Crippen LogP contribution >= 0.6 is 0 Å². The van der Waals surface area contributed by atoms with Gasteiger partial charge in [-0.1, -0.05) is 0 Å². The van der Waals surface area contributed by atoms with Gasteiger partial charge in [0.05, 0.1) is 0 Å². The van der Waals surface area contributed by atoms with E-state index >= 15 is 0 Å². The first-order chi connectivity index (χ1) is 2.56. The molecule has 0 aliphatic rings. The summed E-state index contributed by atoms with van der Waals surface area (Å²) >= 11 is -2.66. The molecule has 3 heteroatoms. The van der Waals surface area contributed by atoms with Crippen molar-refractivity contribution in [3.8, 4) is 0 Å². The van der Waals surface area contributed by atoms with E-state index in [0.717, 1.165) is 0 Å². The van der Waals surface area contributed by atoms with E-state index in [1.54, 1.807) is 11.4 Å². The Hall–Kier alpha value is 0.318. The molecule has 0 aromatic rings. The van der Waals surface area contributed by atoms with Gasteiger partial charge in [-0.3, -0.25) is 0 Å². The quantitative estimate of drug-likeness (QED) is 0.518. The molecule has 0 radical (unpaired) electrons. The van der Waals surface area contributed by atoms with Crippen molar-refractivity contribution < 1.29 is 7.47 Å². The summed E-state index contributed by atoms with van der Waals surface area (Å²) in [5.74, 6) is 0. The van der Waals surface area contributed by atoms with Gasteiger partial charge in [-0.05, 0) is 0 Å². The van der Waals surface area contributed by atoms with Crippen molar-refractivity contribution in [1.82, 2.24) is 0 Å². The molecule has 0 aliphatic heterocycles. The van der Waals surface area contributed by atoms with Crippen LogP contribution in [0.2, 0.25) is 11.4 Å². The van der Waals surface area contributed by atoms with E-state index < -0.39 is 13.8 Å². The van der Waals surface area contributed by atoms with Gasteiger partial charge in [0.15, 0.2) is 0 Å². The van der Waals surface area contributed by atoms with Crippen LogP contribution in [0, 0.1) is 0 Å². The third kappa shape index (κ3) is 4.32. The molecule has 0 heterocycles. The van der Waals surface area contributed by atoms with Crippen molar-refractivity contribution in [2.75, 3.05) is 7.11 Å². The first-order valence-corrected chi connectivity index (χ1v) is 6.95. The summed E-state index contributed by atoms with van der Waals surface area (Å²) in [4.78, 5) is 0. The Kier molecular flexibility index (Phi) is 1.95. The predicted molar refractivity (Wildman–Crippen MR) is 25.2 cm³/mol.